The third kappa shape index (κ3) is 4.10. The summed E-state index contributed by atoms with van der Waals surface area (Å²) in [7, 11) is 1.90. The molecule has 5 nitrogen and oxygen atoms in total. The lowest BCUT2D eigenvalue weighted by atomic mass is 9.90. The molecule has 3 aromatic rings. The first-order valence-electron chi connectivity index (χ1n) is 9.46. The highest BCUT2D eigenvalue weighted by molar-refractivity contribution is 7.98. The molecule has 6 heteroatoms. The van der Waals surface area contributed by atoms with Crippen molar-refractivity contribution in [2.24, 2.45) is 7.05 Å². The number of thioether (sulfide) groups is 1. The Balaban J connectivity index is 1.88. The largest absolute Gasteiger partial charge is 0.305 e. The number of hydrogen-bond acceptors (Lipinski definition) is 5. The molecule has 0 aliphatic heterocycles. The average Bonchev–Trinajstić information content (AvgIpc) is 3.10. The highest BCUT2D eigenvalue weighted by atomic mass is 32.2. The Kier molecular flexibility index (Phi) is 6.19. The van der Waals surface area contributed by atoms with E-state index in [1.165, 1.54) is 33.4 Å². The fourth-order valence-corrected chi connectivity index (χ4v) is 4.45. The molecule has 0 saturated heterocycles. The number of hydrogen-bond donors (Lipinski definition) is 0. The van der Waals surface area contributed by atoms with Crippen molar-refractivity contribution in [3.63, 3.8) is 0 Å². The Morgan fingerprint density at radius 1 is 1.03 bits per heavy atom. The lowest BCUT2D eigenvalue weighted by Gasteiger charge is -2.18. The summed E-state index contributed by atoms with van der Waals surface area (Å²) in [5, 5.41) is 19.0. The van der Waals surface area contributed by atoms with Crippen LogP contribution >= 0.6 is 11.8 Å². The fraction of sp³-hybridized carbons (Fsp3) is 0.304. The van der Waals surface area contributed by atoms with E-state index in [-0.39, 0.29) is 0 Å². The van der Waals surface area contributed by atoms with E-state index in [9.17, 15) is 5.26 Å². The molecule has 3 rings (SSSR count). The third-order valence-corrected chi connectivity index (χ3v) is 6.72. The second-order valence-electron chi connectivity index (χ2n) is 7.18. The van der Waals surface area contributed by atoms with E-state index in [1.807, 2.05) is 29.8 Å². The summed E-state index contributed by atoms with van der Waals surface area (Å²) < 4.78 is 1.88. The van der Waals surface area contributed by atoms with Crippen LogP contribution in [0, 0.1) is 45.9 Å². The van der Waals surface area contributed by atoms with E-state index in [1.54, 1.807) is 24.0 Å². The van der Waals surface area contributed by atoms with Gasteiger partial charge >= 0.3 is 0 Å². The molecule has 0 aliphatic rings. The molecule has 0 saturated carbocycles. The van der Waals surface area contributed by atoms with Crippen LogP contribution in [0.15, 0.2) is 29.6 Å². The molecule has 0 spiro atoms. The van der Waals surface area contributed by atoms with Crippen LogP contribution in [0.5, 0.6) is 0 Å². The normalized spacial score (nSPS) is 11.6. The Hall–Kier alpha value is -2.91. The molecule has 0 atom stereocenters. The van der Waals surface area contributed by atoms with Gasteiger partial charge in [-0.05, 0) is 86.2 Å². The SMILES string of the molecule is Cc1c(C)c(C)c(CSc2nnc(C(C#N)=Cc3ccccn3)n2C)c(C)c1C. The minimum Gasteiger partial charge on any atom is -0.305 e. The van der Waals surface area contributed by atoms with Crippen molar-refractivity contribution in [3.8, 4) is 6.07 Å². The van der Waals surface area contributed by atoms with Crippen LogP contribution in [0.25, 0.3) is 11.6 Å². The fourth-order valence-electron chi connectivity index (χ4n) is 3.36. The van der Waals surface area contributed by atoms with Crippen LogP contribution in [0.3, 0.4) is 0 Å². The molecule has 2 aromatic heterocycles. The minimum absolute atomic E-state index is 0.444. The van der Waals surface area contributed by atoms with Crippen molar-refractivity contribution in [1.82, 2.24) is 19.7 Å². The van der Waals surface area contributed by atoms with Crippen molar-refractivity contribution in [2.45, 2.75) is 45.5 Å². The van der Waals surface area contributed by atoms with Crippen LogP contribution in [-0.2, 0) is 12.8 Å². The van der Waals surface area contributed by atoms with Gasteiger partial charge in [-0.2, -0.15) is 5.26 Å². The molecule has 0 bridgehead atoms. The van der Waals surface area contributed by atoms with E-state index in [2.05, 4.69) is 55.9 Å². The lowest BCUT2D eigenvalue weighted by molar-refractivity contribution is 0.780. The number of nitriles is 1. The van der Waals surface area contributed by atoms with Crippen molar-refractivity contribution >= 4 is 23.4 Å². The summed E-state index contributed by atoms with van der Waals surface area (Å²) in [5.41, 5.74) is 9.28. The van der Waals surface area contributed by atoms with Gasteiger partial charge in [0.25, 0.3) is 0 Å². The van der Waals surface area contributed by atoms with Gasteiger partial charge < -0.3 is 4.57 Å². The third-order valence-electron chi connectivity index (χ3n) is 5.68. The van der Waals surface area contributed by atoms with E-state index < -0.39 is 0 Å². The lowest BCUT2D eigenvalue weighted by Crippen LogP contribution is -2.03. The highest BCUT2D eigenvalue weighted by Crippen LogP contribution is 2.31. The second-order valence-corrected chi connectivity index (χ2v) is 8.12. The first-order valence-corrected chi connectivity index (χ1v) is 10.4. The molecule has 0 unspecified atom stereocenters. The maximum atomic E-state index is 9.61. The van der Waals surface area contributed by atoms with E-state index in [4.69, 9.17) is 0 Å². The Morgan fingerprint density at radius 2 is 1.69 bits per heavy atom. The van der Waals surface area contributed by atoms with E-state index in [0.717, 1.165) is 16.6 Å². The van der Waals surface area contributed by atoms with Gasteiger partial charge in [0.2, 0.25) is 0 Å². The molecule has 1 aromatic carbocycles. The Morgan fingerprint density at radius 3 is 2.28 bits per heavy atom. The predicted molar refractivity (Wildman–Crippen MR) is 118 cm³/mol. The zero-order valence-electron chi connectivity index (χ0n) is 17.7. The number of pyridine rings is 1. The van der Waals surface area contributed by atoms with Crippen LogP contribution in [0.2, 0.25) is 0 Å². The molecule has 148 valence electrons. The van der Waals surface area contributed by atoms with Crippen molar-refractivity contribution in [1.29, 1.82) is 5.26 Å². The molecule has 0 radical (unpaired) electrons. The molecule has 0 amide bonds. The molecular formula is C23H25N5S. The summed E-state index contributed by atoms with van der Waals surface area (Å²) in [6.07, 6.45) is 3.44. The summed E-state index contributed by atoms with van der Waals surface area (Å²) in [5.74, 6) is 1.36. The van der Waals surface area contributed by atoms with Gasteiger partial charge in [0, 0.05) is 19.0 Å². The van der Waals surface area contributed by atoms with Crippen LogP contribution < -0.4 is 0 Å². The van der Waals surface area contributed by atoms with Gasteiger partial charge in [0.05, 0.1) is 11.3 Å². The van der Waals surface area contributed by atoms with Gasteiger partial charge in [-0.3, -0.25) is 4.98 Å². The van der Waals surface area contributed by atoms with E-state index >= 15 is 0 Å². The first-order chi connectivity index (χ1) is 13.8. The smallest absolute Gasteiger partial charge is 0.191 e. The monoisotopic (exact) mass is 403 g/mol. The topological polar surface area (TPSA) is 67.4 Å². The molecule has 29 heavy (non-hydrogen) atoms. The van der Waals surface area contributed by atoms with Crippen molar-refractivity contribution < 1.29 is 0 Å². The number of allylic oxidation sites excluding steroid dienone is 1. The Bertz CT molecular complexity index is 1090. The first kappa shape index (κ1) is 20.8. The summed E-state index contributed by atoms with van der Waals surface area (Å²) >= 11 is 1.64. The van der Waals surface area contributed by atoms with Crippen LogP contribution in [-0.4, -0.2) is 19.7 Å². The number of nitrogens with zero attached hydrogens (tertiary/aromatic N) is 5. The summed E-state index contributed by atoms with van der Waals surface area (Å²) in [6, 6.07) is 7.82. The second kappa shape index (κ2) is 8.62. The maximum absolute atomic E-state index is 9.61. The van der Waals surface area contributed by atoms with Crippen LogP contribution in [0.1, 0.15) is 44.9 Å². The molecular weight excluding hydrogens is 378 g/mol. The number of aromatic nitrogens is 4. The molecule has 0 fully saturated rings. The number of rotatable bonds is 5. The van der Waals surface area contributed by atoms with Gasteiger partial charge in [0.15, 0.2) is 11.0 Å². The van der Waals surface area contributed by atoms with Crippen molar-refractivity contribution in [3.05, 3.63) is 69.3 Å². The average molecular weight is 404 g/mol. The quantitative estimate of drug-likeness (QED) is 0.437. The maximum Gasteiger partial charge on any atom is 0.191 e. The standard InChI is InChI=1S/C23H25N5S/c1-14-15(2)17(4)21(18(5)16(14)3)13-29-23-27-26-22(28(23)6)19(12-24)11-20-9-7-8-10-25-20/h7-11H,13H2,1-6H3. The summed E-state index contributed by atoms with van der Waals surface area (Å²) in [4.78, 5) is 4.26. The number of benzene rings is 1. The van der Waals surface area contributed by atoms with Crippen molar-refractivity contribution in [2.75, 3.05) is 0 Å². The van der Waals surface area contributed by atoms with E-state index in [0.29, 0.717) is 11.4 Å². The van der Waals surface area contributed by atoms with Crippen LogP contribution in [0.4, 0.5) is 0 Å². The molecule has 2 heterocycles. The zero-order chi connectivity index (χ0) is 21.1. The molecule has 0 N–H and O–H groups in total. The van der Waals surface area contributed by atoms with Gasteiger partial charge in [-0.15, -0.1) is 10.2 Å². The summed E-state index contributed by atoms with van der Waals surface area (Å²) in [6.45, 7) is 10.9. The highest BCUT2D eigenvalue weighted by Gasteiger charge is 2.16. The zero-order valence-corrected chi connectivity index (χ0v) is 18.6. The minimum atomic E-state index is 0.444. The molecule has 0 aliphatic carbocycles. The Labute approximate surface area is 176 Å². The van der Waals surface area contributed by atoms with Gasteiger partial charge in [-0.25, -0.2) is 0 Å². The predicted octanol–water partition coefficient (Wildman–Crippen LogP) is 5.11. The van der Waals surface area contributed by atoms with Gasteiger partial charge in [0.1, 0.15) is 6.07 Å². The van der Waals surface area contributed by atoms with Gasteiger partial charge in [-0.1, -0.05) is 17.8 Å².